The van der Waals surface area contributed by atoms with E-state index in [2.05, 4.69) is 20.9 Å². The molecular weight excluding hydrogens is 252 g/mol. The van der Waals surface area contributed by atoms with E-state index in [-0.39, 0.29) is 0 Å². The molecule has 0 spiro atoms. The molecule has 0 atom stereocenters. The number of hydrogen-bond donors (Lipinski definition) is 0. The van der Waals surface area contributed by atoms with E-state index in [1.54, 1.807) is 0 Å². The second-order valence-corrected chi connectivity index (χ2v) is 4.19. The SMILES string of the molecule is Cn1cccc1C=Nc1ccc(Br)cc1. The molecule has 1 heterocycles. The lowest BCUT2D eigenvalue weighted by Crippen LogP contribution is -1.91. The van der Waals surface area contributed by atoms with Crippen LogP contribution in [0.3, 0.4) is 0 Å². The van der Waals surface area contributed by atoms with Gasteiger partial charge in [0.25, 0.3) is 0 Å². The first-order chi connectivity index (χ1) is 7.25. The van der Waals surface area contributed by atoms with Gasteiger partial charge in [0, 0.05) is 17.7 Å². The van der Waals surface area contributed by atoms with Crippen molar-refractivity contribution in [2.24, 2.45) is 12.0 Å². The third kappa shape index (κ3) is 2.57. The van der Waals surface area contributed by atoms with Gasteiger partial charge in [-0.05, 0) is 36.4 Å². The summed E-state index contributed by atoms with van der Waals surface area (Å²) < 4.78 is 3.10. The fourth-order valence-corrected chi connectivity index (χ4v) is 1.54. The Balaban J connectivity index is 2.19. The summed E-state index contributed by atoms with van der Waals surface area (Å²) in [4.78, 5) is 4.38. The highest BCUT2D eigenvalue weighted by molar-refractivity contribution is 9.10. The number of benzene rings is 1. The van der Waals surface area contributed by atoms with E-state index in [4.69, 9.17) is 0 Å². The van der Waals surface area contributed by atoms with Crippen LogP contribution in [0.5, 0.6) is 0 Å². The highest BCUT2D eigenvalue weighted by Gasteiger charge is 1.92. The van der Waals surface area contributed by atoms with E-state index in [1.807, 2.05) is 60.4 Å². The molecule has 2 rings (SSSR count). The molecule has 0 N–H and O–H groups in total. The molecule has 0 bridgehead atoms. The minimum Gasteiger partial charge on any atom is -0.350 e. The predicted octanol–water partition coefficient (Wildman–Crippen LogP) is 3.54. The zero-order valence-corrected chi connectivity index (χ0v) is 9.98. The normalized spacial score (nSPS) is 11.1. The molecular formula is C12H11BrN2. The molecule has 1 aromatic heterocycles. The van der Waals surface area contributed by atoms with Gasteiger partial charge in [-0.2, -0.15) is 0 Å². The van der Waals surface area contributed by atoms with Crippen LogP contribution < -0.4 is 0 Å². The van der Waals surface area contributed by atoms with Crippen LogP contribution >= 0.6 is 15.9 Å². The quantitative estimate of drug-likeness (QED) is 0.737. The molecule has 2 aromatic rings. The molecule has 1 aromatic carbocycles. The van der Waals surface area contributed by atoms with Crippen molar-refractivity contribution in [1.82, 2.24) is 4.57 Å². The maximum Gasteiger partial charge on any atom is 0.0631 e. The fraction of sp³-hybridized carbons (Fsp3) is 0.0833. The Bertz CT molecular complexity index is 469. The molecule has 3 heteroatoms. The Morgan fingerprint density at radius 2 is 1.93 bits per heavy atom. The van der Waals surface area contributed by atoms with Gasteiger partial charge in [-0.15, -0.1) is 0 Å². The third-order valence-corrected chi connectivity index (χ3v) is 2.69. The predicted molar refractivity (Wildman–Crippen MR) is 66.8 cm³/mol. The molecule has 15 heavy (non-hydrogen) atoms. The van der Waals surface area contributed by atoms with E-state index in [9.17, 15) is 0 Å². The average Bonchev–Trinajstić information content (AvgIpc) is 2.63. The lowest BCUT2D eigenvalue weighted by atomic mass is 10.3. The zero-order valence-electron chi connectivity index (χ0n) is 8.39. The minimum absolute atomic E-state index is 0.958. The molecule has 0 aliphatic carbocycles. The lowest BCUT2D eigenvalue weighted by Gasteiger charge is -1.96. The summed E-state index contributed by atoms with van der Waals surface area (Å²) in [5, 5.41) is 0. The number of nitrogens with zero attached hydrogens (tertiary/aromatic N) is 2. The van der Waals surface area contributed by atoms with Crippen molar-refractivity contribution in [3.05, 3.63) is 52.8 Å². The number of halogens is 1. The van der Waals surface area contributed by atoms with Gasteiger partial charge in [0.2, 0.25) is 0 Å². The number of hydrogen-bond acceptors (Lipinski definition) is 1. The van der Waals surface area contributed by atoms with Gasteiger partial charge < -0.3 is 4.57 Å². The summed E-state index contributed by atoms with van der Waals surface area (Å²) in [6.07, 6.45) is 3.87. The Labute approximate surface area is 97.4 Å². The molecule has 2 nitrogen and oxygen atoms in total. The maximum absolute atomic E-state index is 4.38. The fourth-order valence-electron chi connectivity index (χ4n) is 1.28. The van der Waals surface area contributed by atoms with Gasteiger partial charge in [0.15, 0.2) is 0 Å². The summed E-state index contributed by atoms with van der Waals surface area (Å²) in [7, 11) is 2.00. The van der Waals surface area contributed by atoms with Crippen molar-refractivity contribution in [3.63, 3.8) is 0 Å². The van der Waals surface area contributed by atoms with Crippen LogP contribution in [0.1, 0.15) is 5.69 Å². The molecule has 0 aliphatic rings. The number of aromatic nitrogens is 1. The largest absolute Gasteiger partial charge is 0.350 e. The van der Waals surface area contributed by atoms with Crippen LogP contribution in [0, 0.1) is 0 Å². The molecule has 0 radical (unpaired) electrons. The first-order valence-electron chi connectivity index (χ1n) is 4.67. The van der Waals surface area contributed by atoms with E-state index < -0.39 is 0 Å². The standard InChI is InChI=1S/C12H11BrN2/c1-15-8-2-3-12(15)9-14-11-6-4-10(13)5-7-11/h2-9H,1H3. The van der Waals surface area contributed by atoms with Crippen LogP contribution in [-0.2, 0) is 7.05 Å². The van der Waals surface area contributed by atoms with E-state index >= 15 is 0 Å². The third-order valence-electron chi connectivity index (χ3n) is 2.16. The van der Waals surface area contributed by atoms with Gasteiger partial charge >= 0.3 is 0 Å². The van der Waals surface area contributed by atoms with Gasteiger partial charge in [0.05, 0.1) is 17.6 Å². The van der Waals surface area contributed by atoms with Gasteiger partial charge in [-0.1, -0.05) is 15.9 Å². The highest BCUT2D eigenvalue weighted by atomic mass is 79.9. The Hall–Kier alpha value is -1.35. The summed E-state index contributed by atoms with van der Waals surface area (Å²) in [6, 6.07) is 12.0. The van der Waals surface area contributed by atoms with Crippen molar-refractivity contribution in [2.75, 3.05) is 0 Å². The Kier molecular flexibility index (Phi) is 3.02. The van der Waals surface area contributed by atoms with Gasteiger partial charge in [-0.3, -0.25) is 4.99 Å². The molecule has 0 saturated carbocycles. The van der Waals surface area contributed by atoms with Crippen LogP contribution in [-0.4, -0.2) is 10.8 Å². The average molecular weight is 263 g/mol. The van der Waals surface area contributed by atoms with Gasteiger partial charge in [0.1, 0.15) is 0 Å². The second kappa shape index (κ2) is 4.45. The monoisotopic (exact) mass is 262 g/mol. The zero-order chi connectivity index (χ0) is 10.7. The van der Waals surface area contributed by atoms with Crippen LogP contribution in [0.25, 0.3) is 0 Å². The molecule has 0 unspecified atom stereocenters. The van der Waals surface area contributed by atoms with Crippen LogP contribution in [0.15, 0.2) is 52.1 Å². The minimum atomic E-state index is 0.958. The second-order valence-electron chi connectivity index (χ2n) is 3.28. The summed E-state index contributed by atoms with van der Waals surface area (Å²) in [6.45, 7) is 0. The number of rotatable bonds is 2. The first kappa shape index (κ1) is 10.2. The molecule has 0 amide bonds. The van der Waals surface area contributed by atoms with Crippen LogP contribution in [0.4, 0.5) is 5.69 Å². The van der Waals surface area contributed by atoms with E-state index in [0.29, 0.717) is 0 Å². The molecule has 0 aliphatic heterocycles. The van der Waals surface area contributed by atoms with Crippen molar-refractivity contribution in [3.8, 4) is 0 Å². The number of aryl methyl sites for hydroxylation is 1. The Morgan fingerprint density at radius 1 is 1.20 bits per heavy atom. The summed E-state index contributed by atoms with van der Waals surface area (Å²) in [5.41, 5.74) is 2.05. The summed E-state index contributed by atoms with van der Waals surface area (Å²) >= 11 is 3.39. The van der Waals surface area contributed by atoms with E-state index in [1.165, 1.54) is 0 Å². The highest BCUT2D eigenvalue weighted by Crippen LogP contribution is 2.16. The summed E-state index contributed by atoms with van der Waals surface area (Å²) in [5.74, 6) is 0. The maximum atomic E-state index is 4.38. The van der Waals surface area contributed by atoms with Crippen molar-refractivity contribution in [1.29, 1.82) is 0 Å². The molecule has 76 valence electrons. The molecule has 0 fully saturated rings. The van der Waals surface area contributed by atoms with Crippen molar-refractivity contribution in [2.45, 2.75) is 0 Å². The number of aliphatic imine (C=N–C) groups is 1. The van der Waals surface area contributed by atoms with E-state index in [0.717, 1.165) is 15.9 Å². The molecule has 0 saturated heterocycles. The van der Waals surface area contributed by atoms with Crippen LogP contribution in [0.2, 0.25) is 0 Å². The topological polar surface area (TPSA) is 17.3 Å². The van der Waals surface area contributed by atoms with Gasteiger partial charge in [-0.25, -0.2) is 0 Å². The lowest BCUT2D eigenvalue weighted by molar-refractivity contribution is 0.918. The smallest absolute Gasteiger partial charge is 0.0631 e. The van der Waals surface area contributed by atoms with Crippen molar-refractivity contribution >= 4 is 27.8 Å². The first-order valence-corrected chi connectivity index (χ1v) is 5.46. The Morgan fingerprint density at radius 3 is 2.53 bits per heavy atom. The van der Waals surface area contributed by atoms with Crippen molar-refractivity contribution < 1.29 is 0 Å².